The molecule has 0 saturated carbocycles. The minimum absolute atomic E-state index is 0.170. The fraction of sp³-hybridized carbons (Fsp3) is 0.241. The Hall–Kier alpha value is -3.69. The number of para-hydroxylation sites is 1. The third kappa shape index (κ3) is 6.15. The summed E-state index contributed by atoms with van der Waals surface area (Å²) in [5, 5.41) is 5.38. The Labute approximate surface area is 239 Å². The maximum Gasteiger partial charge on any atom is 0.282 e. The number of aryl methyl sites for hydroxylation is 1. The minimum Gasteiger partial charge on any atom is -0.494 e. The Morgan fingerprint density at radius 3 is 2.64 bits per heavy atom. The van der Waals surface area contributed by atoms with E-state index in [0.29, 0.717) is 44.1 Å². The monoisotopic (exact) mass is 610 g/mol. The van der Waals surface area contributed by atoms with Gasteiger partial charge in [0, 0.05) is 16.1 Å². The first-order chi connectivity index (χ1) is 18.6. The van der Waals surface area contributed by atoms with Gasteiger partial charge in [0.05, 0.1) is 28.2 Å². The van der Waals surface area contributed by atoms with Crippen LogP contribution in [-0.2, 0) is 4.79 Å². The van der Waals surface area contributed by atoms with Crippen LogP contribution < -0.4 is 20.8 Å². The lowest BCUT2D eigenvalue weighted by Gasteiger charge is -2.18. The topological polar surface area (TPSA) is 109 Å². The van der Waals surface area contributed by atoms with Gasteiger partial charge in [0.15, 0.2) is 12.4 Å². The van der Waals surface area contributed by atoms with Crippen LogP contribution in [0.1, 0.15) is 43.4 Å². The molecule has 1 aromatic heterocycles. The van der Waals surface area contributed by atoms with Gasteiger partial charge in [-0.1, -0.05) is 37.6 Å². The SMILES string of the molecule is CCOc1cc(C)c(-c2nc3ccccc3c(=O)n2N=Cc2cc(Cl)cc(Br)c2OCC(N)=O)cc1C(C)C. The standard InChI is InChI=1S/C29H28BrClN4O4/c1-5-38-25-10-17(4)22(13-21(25)16(2)3)28-34-24-9-7-6-8-20(24)29(37)35(28)33-14-18-11-19(31)12-23(30)27(18)39-15-26(32)36/h6-14,16H,5,15H2,1-4H3,(H2,32,36). The molecule has 39 heavy (non-hydrogen) atoms. The Kier molecular flexibility index (Phi) is 8.72. The van der Waals surface area contributed by atoms with E-state index >= 15 is 0 Å². The predicted molar refractivity (Wildman–Crippen MR) is 158 cm³/mol. The second-order valence-electron chi connectivity index (χ2n) is 9.17. The van der Waals surface area contributed by atoms with Crippen molar-refractivity contribution in [3.8, 4) is 22.9 Å². The zero-order valence-electron chi connectivity index (χ0n) is 22.0. The van der Waals surface area contributed by atoms with Gasteiger partial charge in [-0.15, -0.1) is 0 Å². The van der Waals surface area contributed by atoms with Crippen molar-refractivity contribution < 1.29 is 14.3 Å². The van der Waals surface area contributed by atoms with Crippen LogP contribution >= 0.6 is 27.5 Å². The van der Waals surface area contributed by atoms with Crippen LogP contribution in [0.3, 0.4) is 0 Å². The highest BCUT2D eigenvalue weighted by atomic mass is 79.9. The van der Waals surface area contributed by atoms with Crippen LogP contribution in [0.25, 0.3) is 22.3 Å². The van der Waals surface area contributed by atoms with E-state index in [2.05, 4.69) is 34.9 Å². The first-order valence-electron chi connectivity index (χ1n) is 12.3. The van der Waals surface area contributed by atoms with Crippen molar-refractivity contribution in [2.45, 2.75) is 33.6 Å². The fourth-order valence-electron chi connectivity index (χ4n) is 4.17. The number of carbonyl (C=O) groups excluding carboxylic acids is 1. The van der Waals surface area contributed by atoms with Gasteiger partial charge >= 0.3 is 0 Å². The zero-order valence-corrected chi connectivity index (χ0v) is 24.3. The largest absolute Gasteiger partial charge is 0.494 e. The molecule has 0 aliphatic carbocycles. The maximum absolute atomic E-state index is 13.7. The second kappa shape index (κ2) is 12.0. The third-order valence-electron chi connectivity index (χ3n) is 5.98. The molecule has 0 bridgehead atoms. The van der Waals surface area contributed by atoms with E-state index in [1.54, 1.807) is 30.3 Å². The highest BCUT2D eigenvalue weighted by Gasteiger charge is 2.19. The van der Waals surface area contributed by atoms with Crippen molar-refractivity contribution in [2.75, 3.05) is 13.2 Å². The molecular formula is C29H28BrClN4O4. The Balaban J connectivity index is 1.96. The van der Waals surface area contributed by atoms with Crippen LogP contribution in [0.15, 0.2) is 62.9 Å². The highest BCUT2D eigenvalue weighted by molar-refractivity contribution is 9.10. The van der Waals surface area contributed by atoms with E-state index in [1.807, 2.05) is 32.0 Å². The fourth-order valence-corrected chi connectivity index (χ4v) is 5.12. The van der Waals surface area contributed by atoms with Gasteiger partial charge in [0.25, 0.3) is 11.5 Å². The first-order valence-corrected chi connectivity index (χ1v) is 13.5. The van der Waals surface area contributed by atoms with E-state index in [0.717, 1.165) is 22.4 Å². The predicted octanol–water partition coefficient (Wildman–Crippen LogP) is 6.06. The molecule has 10 heteroatoms. The van der Waals surface area contributed by atoms with Crippen LogP contribution in [0.4, 0.5) is 0 Å². The number of ether oxygens (including phenoxy) is 2. The molecule has 0 fully saturated rings. The quantitative estimate of drug-likeness (QED) is 0.232. The summed E-state index contributed by atoms with van der Waals surface area (Å²) >= 11 is 9.69. The summed E-state index contributed by atoms with van der Waals surface area (Å²) in [6, 6.07) is 14.3. The molecule has 1 heterocycles. The maximum atomic E-state index is 13.7. The van der Waals surface area contributed by atoms with E-state index in [4.69, 9.17) is 31.8 Å². The number of primary amides is 1. The molecule has 4 aromatic rings. The van der Waals surface area contributed by atoms with E-state index in [9.17, 15) is 9.59 Å². The normalized spacial score (nSPS) is 11.5. The van der Waals surface area contributed by atoms with Gasteiger partial charge in [-0.05, 0) is 83.2 Å². The van der Waals surface area contributed by atoms with Crippen LogP contribution in [0.5, 0.6) is 11.5 Å². The first kappa shape index (κ1) is 28.3. The number of fused-ring (bicyclic) bond motifs is 1. The summed E-state index contributed by atoms with van der Waals surface area (Å²) < 4.78 is 13.3. The highest BCUT2D eigenvalue weighted by Crippen LogP contribution is 2.35. The second-order valence-corrected chi connectivity index (χ2v) is 10.5. The molecule has 0 spiro atoms. The number of carbonyl (C=O) groups is 1. The minimum atomic E-state index is -0.635. The van der Waals surface area contributed by atoms with Gasteiger partial charge in [0.1, 0.15) is 11.5 Å². The Bertz CT molecular complexity index is 1650. The van der Waals surface area contributed by atoms with E-state index in [-0.39, 0.29) is 18.1 Å². The number of rotatable bonds is 9. The van der Waals surface area contributed by atoms with Crippen LogP contribution in [0.2, 0.25) is 5.02 Å². The van der Waals surface area contributed by atoms with Gasteiger partial charge < -0.3 is 15.2 Å². The Morgan fingerprint density at radius 2 is 1.95 bits per heavy atom. The lowest BCUT2D eigenvalue weighted by Crippen LogP contribution is -2.21. The average Bonchev–Trinajstić information content (AvgIpc) is 2.87. The summed E-state index contributed by atoms with van der Waals surface area (Å²) in [4.78, 5) is 29.9. The third-order valence-corrected chi connectivity index (χ3v) is 6.79. The number of aromatic nitrogens is 2. The zero-order chi connectivity index (χ0) is 28.3. The molecule has 0 unspecified atom stereocenters. The number of nitrogens with zero attached hydrogens (tertiary/aromatic N) is 3. The van der Waals surface area contributed by atoms with Crippen molar-refractivity contribution in [1.82, 2.24) is 9.66 Å². The molecule has 0 aliphatic heterocycles. The number of nitrogens with two attached hydrogens (primary N) is 1. The van der Waals surface area contributed by atoms with Crippen LogP contribution in [0, 0.1) is 6.92 Å². The molecule has 2 N–H and O–H groups in total. The van der Waals surface area contributed by atoms with Gasteiger partial charge in [-0.3, -0.25) is 9.59 Å². The summed E-state index contributed by atoms with van der Waals surface area (Å²) in [6.45, 7) is 8.26. The molecule has 1 amide bonds. The molecule has 4 rings (SSSR count). The van der Waals surface area contributed by atoms with Crippen molar-refractivity contribution in [3.63, 3.8) is 0 Å². The number of hydrogen-bond acceptors (Lipinski definition) is 6. The molecule has 202 valence electrons. The molecular weight excluding hydrogens is 584 g/mol. The molecule has 0 saturated heterocycles. The molecule has 0 atom stereocenters. The lowest BCUT2D eigenvalue weighted by molar-refractivity contribution is -0.119. The van der Waals surface area contributed by atoms with E-state index in [1.165, 1.54) is 10.9 Å². The molecule has 8 nitrogen and oxygen atoms in total. The van der Waals surface area contributed by atoms with Gasteiger partial charge in [-0.2, -0.15) is 9.78 Å². The number of amides is 1. The number of benzene rings is 3. The van der Waals surface area contributed by atoms with E-state index < -0.39 is 5.91 Å². The summed E-state index contributed by atoms with van der Waals surface area (Å²) in [5.74, 6) is 1.02. The average molecular weight is 612 g/mol. The van der Waals surface area contributed by atoms with Crippen molar-refractivity contribution in [1.29, 1.82) is 0 Å². The number of halogens is 2. The lowest BCUT2D eigenvalue weighted by atomic mass is 9.96. The van der Waals surface area contributed by atoms with Crippen molar-refractivity contribution >= 4 is 50.6 Å². The summed E-state index contributed by atoms with van der Waals surface area (Å²) in [6.07, 6.45) is 1.45. The Morgan fingerprint density at radius 1 is 1.21 bits per heavy atom. The smallest absolute Gasteiger partial charge is 0.282 e. The summed E-state index contributed by atoms with van der Waals surface area (Å²) in [7, 11) is 0. The molecule has 0 radical (unpaired) electrons. The van der Waals surface area contributed by atoms with Crippen LogP contribution in [-0.4, -0.2) is 35.0 Å². The van der Waals surface area contributed by atoms with Gasteiger partial charge in [-0.25, -0.2) is 4.98 Å². The molecule has 3 aromatic carbocycles. The number of hydrogen-bond donors (Lipinski definition) is 1. The van der Waals surface area contributed by atoms with Crippen molar-refractivity contribution in [2.24, 2.45) is 10.8 Å². The molecule has 0 aliphatic rings. The van der Waals surface area contributed by atoms with Crippen molar-refractivity contribution in [3.05, 3.63) is 85.1 Å². The summed E-state index contributed by atoms with van der Waals surface area (Å²) in [5.41, 5.74) is 8.55. The van der Waals surface area contributed by atoms with Gasteiger partial charge in [0.2, 0.25) is 0 Å².